The molecule has 0 bridgehead atoms. The van der Waals surface area contributed by atoms with Gasteiger partial charge in [-0.25, -0.2) is 14.6 Å². The number of hydrogen-bond acceptors (Lipinski definition) is 8. The molecule has 0 aliphatic carbocycles. The summed E-state index contributed by atoms with van der Waals surface area (Å²) in [4.78, 5) is 38.9. The molecule has 138 valence electrons. The van der Waals surface area contributed by atoms with Gasteiger partial charge in [0.2, 0.25) is 0 Å². The highest BCUT2D eigenvalue weighted by Crippen LogP contribution is 2.27. The molecule has 0 spiro atoms. The quantitative estimate of drug-likeness (QED) is 0.572. The fourth-order valence-corrected chi connectivity index (χ4v) is 3.15. The van der Waals surface area contributed by atoms with Gasteiger partial charge in [-0.3, -0.25) is 10.1 Å². The predicted molar refractivity (Wildman–Crippen MR) is 92.4 cm³/mol. The minimum Gasteiger partial charge on any atom is -0.449 e. The third-order valence-electron chi connectivity index (χ3n) is 3.42. The van der Waals surface area contributed by atoms with Crippen LogP contribution in [0.15, 0.2) is 27.9 Å². The monoisotopic (exact) mass is 378 g/mol. The predicted octanol–water partition coefficient (Wildman–Crippen LogP) is 1.72. The highest BCUT2D eigenvalue weighted by molar-refractivity contribution is 7.98. The van der Waals surface area contributed by atoms with Crippen molar-refractivity contribution in [2.75, 3.05) is 0 Å². The smallest absolute Gasteiger partial charge is 0.341 e. The van der Waals surface area contributed by atoms with E-state index in [9.17, 15) is 14.4 Å². The SMILES string of the molecule is Cc1noc(C)c1CSc1ncccc1C(=O)OC(C)C(=O)NC(N)=O. The molecule has 2 rings (SSSR count). The van der Waals surface area contributed by atoms with Crippen molar-refractivity contribution in [2.24, 2.45) is 5.73 Å². The molecule has 0 aromatic carbocycles. The van der Waals surface area contributed by atoms with Gasteiger partial charge < -0.3 is 15.0 Å². The summed E-state index contributed by atoms with van der Waals surface area (Å²) < 4.78 is 10.2. The number of nitrogens with two attached hydrogens (primary N) is 1. The molecule has 2 heterocycles. The van der Waals surface area contributed by atoms with Crippen LogP contribution >= 0.6 is 11.8 Å². The van der Waals surface area contributed by atoms with Gasteiger partial charge >= 0.3 is 12.0 Å². The van der Waals surface area contributed by atoms with Gasteiger partial charge in [-0.05, 0) is 32.9 Å². The van der Waals surface area contributed by atoms with E-state index >= 15 is 0 Å². The number of aromatic nitrogens is 2. The van der Waals surface area contributed by atoms with Crippen molar-refractivity contribution in [3.63, 3.8) is 0 Å². The number of nitrogens with zero attached hydrogens (tertiary/aromatic N) is 2. The van der Waals surface area contributed by atoms with Crippen LogP contribution in [-0.4, -0.2) is 34.2 Å². The lowest BCUT2D eigenvalue weighted by Crippen LogP contribution is -2.42. The topological polar surface area (TPSA) is 137 Å². The number of carbonyl (C=O) groups is 3. The van der Waals surface area contributed by atoms with Crippen molar-refractivity contribution in [1.29, 1.82) is 0 Å². The second-order valence-electron chi connectivity index (χ2n) is 5.35. The average Bonchev–Trinajstić information content (AvgIpc) is 2.90. The lowest BCUT2D eigenvalue weighted by Gasteiger charge is -2.13. The van der Waals surface area contributed by atoms with Crippen LogP contribution in [0.3, 0.4) is 0 Å². The zero-order valence-corrected chi connectivity index (χ0v) is 15.3. The summed E-state index contributed by atoms with van der Waals surface area (Å²) in [6.45, 7) is 4.98. The van der Waals surface area contributed by atoms with E-state index in [-0.39, 0.29) is 5.56 Å². The minimum absolute atomic E-state index is 0.211. The number of aryl methyl sites for hydroxylation is 2. The van der Waals surface area contributed by atoms with Gasteiger partial charge in [-0.15, -0.1) is 11.8 Å². The lowest BCUT2D eigenvalue weighted by molar-refractivity contribution is -0.127. The summed E-state index contributed by atoms with van der Waals surface area (Å²) in [5.41, 5.74) is 6.78. The highest BCUT2D eigenvalue weighted by atomic mass is 32.2. The van der Waals surface area contributed by atoms with E-state index < -0.39 is 24.0 Å². The van der Waals surface area contributed by atoms with Gasteiger partial charge in [0.05, 0.1) is 11.3 Å². The Balaban J connectivity index is 2.09. The van der Waals surface area contributed by atoms with Gasteiger partial charge in [0.1, 0.15) is 10.8 Å². The van der Waals surface area contributed by atoms with Crippen LogP contribution in [0.2, 0.25) is 0 Å². The number of pyridine rings is 1. The van der Waals surface area contributed by atoms with Crippen LogP contribution in [-0.2, 0) is 15.3 Å². The normalized spacial score (nSPS) is 11.7. The Hall–Kier alpha value is -2.88. The molecule has 0 aliphatic rings. The fourth-order valence-electron chi connectivity index (χ4n) is 2.01. The van der Waals surface area contributed by atoms with E-state index in [1.165, 1.54) is 18.7 Å². The first kappa shape index (κ1) is 19.4. The van der Waals surface area contributed by atoms with Crippen LogP contribution in [0.5, 0.6) is 0 Å². The zero-order chi connectivity index (χ0) is 19.3. The summed E-state index contributed by atoms with van der Waals surface area (Å²) in [5, 5.41) is 6.18. The molecule has 2 aromatic rings. The third-order valence-corrected chi connectivity index (χ3v) is 4.46. The average molecular weight is 378 g/mol. The summed E-state index contributed by atoms with van der Waals surface area (Å²) >= 11 is 1.32. The van der Waals surface area contributed by atoms with Crippen molar-refractivity contribution in [2.45, 2.75) is 37.7 Å². The largest absolute Gasteiger partial charge is 0.449 e. The minimum atomic E-state index is -1.18. The van der Waals surface area contributed by atoms with E-state index in [1.54, 1.807) is 18.3 Å². The molecule has 2 aromatic heterocycles. The maximum atomic E-state index is 12.4. The van der Waals surface area contributed by atoms with Crippen molar-refractivity contribution >= 4 is 29.7 Å². The van der Waals surface area contributed by atoms with E-state index in [0.29, 0.717) is 16.5 Å². The summed E-state index contributed by atoms with van der Waals surface area (Å²) in [6, 6.07) is 2.11. The Morgan fingerprint density at radius 2 is 2.12 bits per heavy atom. The second-order valence-corrected chi connectivity index (χ2v) is 6.31. The van der Waals surface area contributed by atoms with E-state index in [2.05, 4.69) is 10.1 Å². The first-order chi connectivity index (χ1) is 12.3. The van der Waals surface area contributed by atoms with Crippen LogP contribution in [0.25, 0.3) is 0 Å². The van der Waals surface area contributed by atoms with E-state index in [4.69, 9.17) is 15.0 Å². The molecular weight excluding hydrogens is 360 g/mol. The lowest BCUT2D eigenvalue weighted by atomic mass is 10.2. The molecule has 26 heavy (non-hydrogen) atoms. The van der Waals surface area contributed by atoms with Crippen molar-refractivity contribution < 1.29 is 23.6 Å². The molecule has 1 unspecified atom stereocenters. The van der Waals surface area contributed by atoms with Crippen LogP contribution in [0.4, 0.5) is 4.79 Å². The number of rotatable bonds is 6. The van der Waals surface area contributed by atoms with Gasteiger partial charge in [0.25, 0.3) is 5.91 Å². The zero-order valence-electron chi connectivity index (χ0n) is 14.4. The number of amides is 3. The number of imide groups is 1. The molecule has 0 radical (unpaired) electrons. The van der Waals surface area contributed by atoms with Crippen molar-refractivity contribution in [1.82, 2.24) is 15.5 Å². The van der Waals surface area contributed by atoms with E-state index in [1.807, 2.05) is 19.2 Å². The van der Waals surface area contributed by atoms with Crippen LogP contribution < -0.4 is 11.1 Å². The van der Waals surface area contributed by atoms with Gasteiger partial charge in [-0.1, -0.05) is 5.16 Å². The first-order valence-corrected chi connectivity index (χ1v) is 8.59. The Morgan fingerprint density at radius 1 is 1.38 bits per heavy atom. The Labute approximate surface area is 153 Å². The number of hydrogen-bond donors (Lipinski definition) is 2. The number of esters is 1. The van der Waals surface area contributed by atoms with Crippen LogP contribution in [0, 0.1) is 13.8 Å². The van der Waals surface area contributed by atoms with Crippen LogP contribution in [0.1, 0.15) is 34.3 Å². The number of urea groups is 1. The summed E-state index contributed by atoms with van der Waals surface area (Å²) in [7, 11) is 0. The van der Waals surface area contributed by atoms with E-state index in [0.717, 1.165) is 11.3 Å². The van der Waals surface area contributed by atoms with Crippen molar-refractivity contribution in [3.05, 3.63) is 40.9 Å². The summed E-state index contributed by atoms with van der Waals surface area (Å²) in [6.07, 6.45) is 0.367. The third kappa shape index (κ3) is 4.82. The maximum absolute atomic E-state index is 12.4. The van der Waals surface area contributed by atoms with Crippen molar-refractivity contribution in [3.8, 4) is 0 Å². The summed E-state index contributed by atoms with van der Waals surface area (Å²) in [5.74, 6) is -0.325. The molecule has 9 nitrogen and oxygen atoms in total. The molecule has 0 aliphatic heterocycles. The molecule has 1 atom stereocenters. The number of nitrogens with one attached hydrogen (secondary N) is 1. The van der Waals surface area contributed by atoms with Gasteiger partial charge in [0.15, 0.2) is 6.10 Å². The first-order valence-electron chi connectivity index (χ1n) is 7.60. The molecule has 0 fully saturated rings. The fraction of sp³-hybridized carbons (Fsp3) is 0.312. The number of ether oxygens (including phenoxy) is 1. The molecule has 3 amide bonds. The molecule has 3 N–H and O–H groups in total. The van der Waals surface area contributed by atoms with Gasteiger partial charge in [-0.2, -0.15) is 0 Å². The molecule has 0 saturated heterocycles. The Kier molecular flexibility index (Phi) is 6.34. The molecular formula is C16H18N4O5S. The Morgan fingerprint density at radius 3 is 2.73 bits per heavy atom. The molecule has 10 heteroatoms. The van der Waals surface area contributed by atoms with Gasteiger partial charge in [0, 0.05) is 17.5 Å². The number of carbonyl (C=O) groups excluding carboxylic acids is 3. The number of thioether (sulfide) groups is 1. The standard InChI is InChI=1S/C16H18N4O5S/c1-8-12(9(2)25-20-8)7-26-14-11(5-4-6-18-14)15(22)24-10(3)13(21)19-16(17)23/h4-6,10H,7H2,1-3H3,(H3,17,19,21,23). The maximum Gasteiger partial charge on any atom is 0.341 e. The number of primary amides is 1. The second kappa shape index (κ2) is 8.48. The highest BCUT2D eigenvalue weighted by Gasteiger charge is 2.22. The molecule has 0 saturated carbocycles. The Bertz CT molecular complexity index is 816.